The second-order valence-electron chi connectivity index (χ2n) is 6.66. The molecular formula is C20H23NO2. The fraction of sp³-hybridized carbons (Fsp3) is 0.400. The zero-order valence-electron chi connectivity index (χ0n) is 13.5. The topological polar surface area (TPSA) is 30.5 Å². The van der Waals surface area contributed by atoms with Gasteiger partial charge in [0.2, 0.25) is 0 Å². The molecule has 1 atom stereocenters. The number of hydrogen-bond donors (Lipinski definition) is 1. The van der Waals surface area contributed by atoms with Gasteiger partial charge in [-0.25, -0.2) is 0 Å². The SMILES string of the molecule is COc1ccc(NC2CC3(CCCC3)Oc3ccccc32)cc1. The minimum atomic E-state index is 0.0263. The number of para-hydroxylation sites is 1. The molecule has 1 aliphatic heterocycles. The molecular weight excluding hydrogens is 286 g/mol. The van der Waals surface area contributed by atoms with Crippen LogP contribution in [0.15, 0.2) is 48.5 Å². The molecule has 1 spiro atoms. The molecule has 2 aromatic carbocycles. The van der Waals surface area contributed by atoms with Gasteiger partial charge >= 0.3 is 0 Å². The molecule has 120 valence electrons. The highest BCUT2D eigenvalue weighted by Gasteiger charge is 2.42. The average Bonchev–Trinajstić information content (AvgIpc) is 3.03. The van der Waals surface area contributed by atoms with Crippen LogP contribution in [0.1, 0.15) is 43.7 Å². The van der Waals surface area contributed by atoms with E-state index in [0.717, 1.165) is 23.6 Å². The summed E-state index contributed by atoms with van der Waals surface area (Å²) in [5.41, 5.74) is 2.42. The predicted octanol–water partition coefficient (Wildman–Crippen LogP) is 4.94. The Kier molecular flexibility index (Phi) is 3.64. The number of ether oxygens (including phenoxy) is 2. The van der Waals surface area contributed by atoms with Gasteiger partial charge in [0.25, 0.3) is 0 Å². The number of rotatable bonds is 3. The lowest BCUT2D eigenvalue weighted by Gasteiger charge is -2.40. The highest BCUT2D eigenvalue weighted by atomic mass is 16.5. The minimum Gasteiger partial charge on any atom is -0.497 e. The lowest BCUT2D eigenvalue weighted by Crippen LogP contribution is -2.40. The first-order chi connectivity index (χ1) is 11.3. The molecule has 2 aromatic rings. The first-order valence-corrected chi connectivity index (χ1v) is 8.47. The van der Waals surface area contributed by atoms with Gasteiger partial charge in [-0.15, -0.1) is 0 Å². The van der Waals surface area contributed by atoms with Gasteiger partial charge in [-0.2, -0.15) is 0 Å². The van der Waals surface area contributed by atoms with Crippen LogP contribution in [0, 0.1) is 0 Å². The van der Waals surface area contributed by atoms with Gasteiger partial charge in [-0.3, -0.25) is 0 Å². The molecule has 1 aliphatic carbocycles. The van der Waals surface area contributed by atoms with Crippen molar-refractivity contribution in [3.63, 3.8) is 0 Å². The molecule has 4 rings (SSSR count). The summed E-state index contributed by atoms with van der Waals surface area (Å²) < 4.78 is 11.7. The number of fused-ring (bicyclic) bond motifs is 1. The van der Waals surface area contributed by atoms with Crippen molar-refractivity contribution in [2.75, 3.05) is 12.4 Å². The van der Waals surface area contributed by atoms with E-state index in [4.69, 9.17) is 9.47 Å². The first kappa shape index (κ1) is 14.4. The third-order valence-electron chi connectivity index (χ3n) is 5.14. The van der Waals surface area contributed by atoms with Crippen molar-refractivity contribution in [3.05, 3.63) is 54.1 Å². The Hall–Kier alpha value is -2.16. The van der Waals surface area contributed by atoms with Crippen molar-refractivity contribution >= 4 is 5.69 Å². The van der Waals surface area contributed by atoms with Crippen molar-refractivity contribution in [2.24, 2.45) is 0 Å². The van der Waals surface area contributed by atoms with Gasteiger partial charge in [-0.1, -0.05) is 18.2 Å². The van der Waals surface area contributed by atoms with E-state index in [1.165, 1.54) is 31.2 Å². The number of anilines is 1. The molecule has 1 heterocycles. The maximum Gasteiger partial charge on any atom is 0.125 e. The van der Waals surface area contributed by atoms with Crippen molar-refractivity contribution in [2.45, 2.75) is 43.7 Å². The standard InChI is InChI=1S/C20H23NO2/c1-22-16-10-8-15(9-11-16)21-18-14-20(12-4-5-13-20)23-19-7-3-2-6-17(18)19/h2-3,6-11,18,21H,4-5,12-14H2,1H3. The number of hydrogen-bond acceptors (Lipinski definition) is 3. The van der Waals surface area contributed by atoms with E-state index in [-0.39, 0.29) is 5.60 Å². The molecule has 0 bridgehead atoms. The Morgan fingerprint density at radius 2 is 1.78 bits per heavy atom. The summed E-state index contributed by atoms with van der Waals surface area (Å²) in [6.07, 6.45) is 5.93. The third kappa shape index (κ3) is 2.76. The number of nitrogens with one attached hydrogen (secondary N) is 1. The van der Waals surface area contributed by atoms with E-state index in [0.29, 0.717) is 6.04 Å². The van der Waals surface area contributed by atoms with E-state index >= 15 is 0 Å². The summed E-state index contributed by atoms with van der Waals surface area (Å²) in [6, 6.07) is 16.9. The Balaban J connectivity index is 1.62. The van der Waals surface area contributed by atoms with Crippen molar-refractivity contribution in [3.8, 4) is 11.5 Å². The molecule has 0 radical (unpaired) electrons. The Bertz CT molecular complexity index is 674. The Morgan fingerprint density at radius 1 is 1.04 bits per heavy atom. The number of methoxy groups -OCH3 is 1. The van der Waals surface area contributed by atoms with Crippen LogP contribution in [0.2, 0.25) is 0 Å². The van der Waals surface area contributed by atoms with E-state index < -0.39 is 0 Å². The lowest BCUT2D eigenvalue weighted by atomic mass is 9.86. The molecule has 1 N–H and O–H groups in total. The zero-order chi connectivity index (χ0) is 15.7. The van der Waals surface area contributed by atoms with E-state index in [1.54, 1.807) is 7.11 Å². The molecule has 3 nitrogen and oxygen atoms in total. The lowest BCUT2D eigenvalue weighted by molar-refractivity contribution is 0.0453. The van der Waals surface area contributed by atoms with Crippen LogP contribution in [-0.4, -0.2) is 12.7 Å². The monoisotopic (exact) mass is 309 g/mol. The van der Waals surface area contributed by atoms with Gasteiger partial charge in [0.1, 0.15) is 17.1 Å². The first-order valence-electron chi connectivity index (χ1n) is 8.47. The molecule has 23 heavy (non-hydrogen) atoms. The van der Waals surface area contributed by atoms with E-state index in [9.17, 15) is 0 Å². The average molecular weight is 309 g/mol. The van der Waals surface area contributed by atoms with Gasteiger partial charge in [0, 0.05) is 17.7 Å². The Morgan fingerprint density at radius 3 is 2.52 bits per heavy atom. The molecule has 1 unspecified atom stereocenters. The molecule has 2 aliphatic rings. The predicted molar refractivity (Wildman–Crippen MR) is 92.2 cm³/mol. The molecule has 0 saturated heterocycles. The van der Waals surface area contributed by atoms with Crippen molar-refractivity contribution in [1.82, 2.24) is 0 Å². The largest absolute Gasteiger partial charge is 0.497 e. The Labute approximate surface area is 137 Å². The highest BCUT2D eigenvalue weighted by Crippen LogP contribution is 2.47. The molecule has 0 aromatic heterocycles. The second kappa shape index (κ2) is 5.80. The van der Waals surface area contributed by atoms with Gasteiger partial charge in [0.05, 0.1) is 13.2 Å². The van der Waals surface area contributed by atoms with Crippen LogP contribution in [0.3, 0.4) is 0 Å². The van der Waals surface area contributed by atoms with Crippen LogP contribution in [0.4, 0.5) is 5.69 Å². The quantitative estimate of drug-likeness (QED) is 0.870. The maximum absolute atomic E-state index is 6.42. The highest BCUT2D eigenvalue weighted by molar-refractivity contribution is 5.51. The summed E-state index contributed by atoms with van der Waals surface area (Å²) in [7, 11) is 1.70. The number of benzene rings is 2. The van der Waals surface area contributed by atoms with Crippen LogP contribution >= 0.6 is 0 Å². The second-order valence-corrected chi connectivity index (χ2v) is 6.66. The van der Waals surface area contributed by atoms with Gasteiger partial charge < -0.3 is 14.8 Å². The zero-order valence-corrected chi connectivity index (χ0v) is 13.5. The molecule has 0 amide bonds. The molecule has 1 saturated carbocycles. The summed E-state index contributed by atoms with van der Waals surface area (Å²) in [5, 5.41) is 3.70. The summed E-state index contributed by atoms with van der Waals surface area (Å²) >= 11 is 0. The van der Waals surface area contributed by atoms with Crippen LogP contribution in [0.25, 0.3) is 0 Å². The summed E-state index contributed by atoms with van der Waals surface area (Å²) in [5.74, 6) is 1.93. The van der Waals surface area contributed by atoms with Crippen molar-refractivity contribution in [1.29, 1.82) is 0 Å². The van der Waals surface area contributed by atoms with E-state index in [1.807, 2.05) is 12.1 Å². The van der Waals surface area contributed by atoms with E-state index in [2.05, 4.69) is 41.7 Å². The fourth-order valence-electron chi connectivity index (χ4n) is 3.96. The summed E-state index contributed by atoms with van der Waals surface area (Å²) in [4.78, 5) is 0. The van der Waals surface area contributed by atoms with Crippen LogP contribution < -0.4 is 14.8 Å². The maximum atomic E-state index is 6.42. The van der Waals surface area contributed by atoms with Crippen LogP contribution in [0.5, 0.6) is 11.5 Å². The third-order valence-corrected chi connectivity index (χ3v) is 5.14. The van der Waals surface area contributed by atoms with Gasteiger partial charge in [-0.05, 0) is 56.0 Å². The minimum absolute atomic E-state index is 0.0263. The fourth-order valence-corrected chi connectivity index (χ4v) is 3.96. The molecule has 3 heteroatoms. The van der Waals surface area contributed by atoms with Crippen molar-refractivity contribution < 1.29 is 9.47 Å². The normalized spacial score (nSPS) is 21.5. The molecule has 1 fully saturated rings. The van der Waals surface area contributed by atoms with Gasteiger partial charge in [0.15, 0.2) is 0 Å². The summed E-state index contributed by atoms with van der Waals surface area (Å²) in [6.45, 7) is 0. The smallest absolute Gasteiger partial charge is 0.125 e. The van der Waals surface area contributed by atoms with Crippen LogP contribution in [-0.2, 0) is 0 Å².